The van der Waals surface area contributed by atoms with Gasteiger partial charge in [-0.1, -0.05) is 169 Å². The maximum atomic E-state index is 11.8. The summed E-state index contributed by atoms with van der Waals surface area (Å²) in [7, 11) is 1.06. The molecule has 2 heterocycles. The zero-order valence-electron chi connectivity index (χ0n) is 48.6. The average molecular weight is 1030 g/mol. The number of ether oxygens (including phenoxy) is 1. The average Bonchev–Trinajstić information content (AvgIpc) is 3.64. The number of esters is 1. The zero-order valence-corrected chi connectivity index (χ0v) is 48.6. The Kier molecular flexibility index (Phi) is 18.7. The van der Waals surface area contributed by atoms with Crippen molar-refractivity contribution >= 4 is 30.7 Å². The lowest BCUT2D eigenvalue weighted by Gasteiger charge is -2.34. The predicted molar refractivity (Wildman–Crippen MR) is 316 cm³/mol. The summed E-state index contributed by atoms with van der Waals surface area (Å²) in [4.78, 5) is 16.1. The molecule has 1 aromatic heterocycles. The summed E-state index contributed by atoms with van der Waals surface area (Å²) in [5, 5.41) is 21.8. The first-order chi connectivity index (χ1) is 36.1. The van der Waals surface area contributed by atoms with E-state index in [1.807, 2.05) is 24.4 Å². The second-order valence-electron chi connectivity index (χ2n) is 23.7. The standard InChI is InChI=1S/C35H43NO3.C33H47BO3/c1-6-35(7-2,30-12-11-28(25(3)19-30)15-18-34(38)16-9-8-10-17-34)31-13-14-32(26(4)20-31)29-21-27(23-36-24-29)22-33(37)39-5;1-9-33(10-2,27-15-14-26(24(3)22-27)18-21-32(35)19-12-11-13-20-32)28-16-17-29(25(4)23-28)34-36-30(5,6)31(7,8)37-34/h11-15,18-21,23-24,38H,6-10,16-17,22H2,1-5H3;14-18,21-23,35H,9-13,19-20H2,1-8H3/b18-15+;21-18+. The summed E-state index contributed by atoms with van der Waals surface area (Å²) in [5.41, 5.74) is 14.5. The number of methoxy groups -OCH3 is 1. The van der Waals surface area contributed by atoms with Gasteiger partial charge in [-0.15, -0.1) is 0 Å². The third-order valence-electron chi connectivity index (χ3n) is 18.4. The van der Waals surface area contributed by atoms with Crippen molar-refractivity contribution in [3.63, 3.8) is 0 Å². The van der Waals surface area contributed by atoms with Crippen LogP contribution in [0.15, 0.2) is 103 Å². The Morgan fingerprint density at radius 1 is 0.592 bits per heavy atom. The molecule has 2 saturated carbocycles. The number of hydrogen-bond acceptors (Lipinski definition) is 7. The monoisotopic (exact) mass is 1030 g/mol. The van der Waals surface area contributed by atoms with Gasteiger partial charge in [0.2, 0.25) is 0 Å². The van der Waals surface area contributed by atoms with Crippen LogP contribution in [-0.2, 0) is 36.1 Å². The molecule has 3 aliphatic rings. The fourth-order valence-corrected chi connectivity index (χ4v) is 12.4. The lowest BCUT2D eigenvalue weighted by atomic mass is 9.68. The van der Waals surface area contributed by atoms with Gasteiger partial charge in [0.15, 0.2) is 0 Å². The molecule has 8 rings (SSSR count). The number of rotatable bonds is 16. The molecule has 406 valence electrons. The van der Waals surface area contributed by atoms with Crippen LogP contribution in [0.2, 0.25) is 0 Å². The van der Waals surface area contributed by atoms with Gasteiger partial charge < -0.3 is 24.3 Å². The first-order valence-electron chi connectivity index (χ1n) is 28.7. The highest BCUT2D eigenvalue weighted by atomic mass is 16.7. The summed E-state index contributed by atoms with van der Waals surface area (Å²) >= 11 is 0. The molecule has 4 aromatic carbocycles. The van der Waals surface area contributed by atoms with Gasteiger partial charge in [0, 0.05) is 28.8 Å². The number of carbonyl (C=O) groups excluding carboxylic acids is 1. The van der Waals surface area contributed by atoms with E-state index in [0.29, 0.717) is 0 Å². The van der Waals surface area contributed by atoms with E-state index in [2.05, 4.69) is 173 Å². The van der Waals surface area contributed by atoms with Gasteiger partial charge in [0.05, 0.1) is 35.9 Å². The van der Waals surface area contributed by atoms with Gasteiger partial charge in [0.25, 0.3) is 0 Å². The van der Waals surface area contributed by atoms with Crippen LogP contribution in [-0.4, -0.2) is 57.8 Å². The van der Waals surface area contributed by atoms with E-state index >= 15 is 0 Å². The summed E-state index contributed by atoms with van der Waals surface area (Å²) < 4.78 is 17.5. The number of aromatic nitrogens is 1. The molecule has 0 radical (unpaired) electrons. The van der Waals surface area contributed by atoms with Gasteiger partial charge in [-0.2, -0.15) is 0 Å². The van der Waals surface area contributed by atoms with Crippen LogP contribution in [0.25, 0.3) is 23.3 Å². The van der Waals surface area contributed by atoms with E-state index in [1.54, 1.807) is 6.20 Å². The van der Waals surface area contributed by atoms with E-state index in [-0.39, 0.29) is 41.5 Å². The Morgan fingerprint density at radius 2 is 1.01 bits per heavy atom. The smallest absolute Gasteiger partial charge is 0.469 e. The molecule has 0 unspecified atom stereocenters. The third kappa shape index (κ3) is 12.7. The molecule has 2 N–H and O–H groups in total. The number of nitrogens with zero attached hydrogens (tertiary/aromatic N) is 1. The van der Waals surface area contributed by atoms with Gasteiger partial charge in [0.1, 0.15) is 0 Å². The van der Waals surface area contributed by atoms with E-state index in [1.165, 1.54) is 75.6 Å². The van der Waals surface area contributed by atoms with Crippen LogP contribution in [0.3, 0.4) is 0 Å². The molecule has 0 spiro atoms. The molecule has 0 atom stereocenters. The molecule has 8 heteroatoms. The van der Waals surface area contributed by atoms with Crippen LogP contribution in [0.1, 0.15) is 206 Å². The number of aliphatic hydroxyl groups is 2. The van der Waals surface area contributed by atoms with Crippen molar-refractivity contribution in [3.8, 4) is 11.1 Å². The molecule has 1 aliphatic heterocycles. The highest BCUT2D eigenvalue weighted by Gasteiger charge is 2.52. The van der Waals surface area contributed by atoms with Gasteiger partial charge >= 0.3 is 13.1 Å². The van der Waals surface area contributed by atoms with Crippen molar-refractivity contribution in [2.75, 3.05) is 7.11 Å². The first-order valence-corrected chi connectivity index (χ1v) is 28.7. The first kappa shape index (κ1) is 58.6. The lowest BCUT2D eigenvalue weighted by Crippen LogP contribution is -2.41. The third-order valence-corrected chi connectivity index (χ3v) is 18.4. The fraction of sp³-hybridized carbons (Fsp3) is 0.500. The predicted octanol–water partition coefficient (Wildman–Crippen LogP) is 15.3. The highest BCUT2D eigenvalue weighted by Crippen LogP contribution is 2.44. The van der Waals surface area contributed by atoms with Crippen molar-refractivity contribution < 1.29 is 29.1 Å². The molecule has 0 bridgehead atoms. The van der Waals surface area contributed by atoms with Gasteiger partial charge in [-0.05, 0) is 179 Å². The highest BCUT2D eigenvalue weighted by molar-refractivity contribution is 6.62. The van der Waals surface area contributed by atoms with Crippen LogP contribution in [0.4, 0.5) is 0 Å². The van der Waals surface area contributed by atoms with Crippen molar-refractivity contribution in [2.45, 2.75) is 213 Å². The van der Waals surface area contributed by atoms with Crippen LogP contribution in [0.5, 0.6) is 0 Å². The molecule has 2 aliphatic carbocycles. The number of carbonyl (C=O) groups is 1. The summed E-state index contributed by atoms with van der Waals surface area (Å²) in [5.74, 6) is -0.265. The normalized spacial score (nSPS) is 18.2. The Hall–Kier alpha value is -5.12. The molecule has 0 amide bonds. The lowest BCUT2D eigenvalue weighted by molar-refractivity contribution is -0.139. The largest absolute Gasteiger partial charge is 0.495 e. The fourth-order valence-electron chi connectivity index (χ4n) is 12.4. The van der Waals surface area contributed by atoms with Crippen LogP contribution in [0, 0.1) is 27.7 Å². The van der Waals surface area contributed by atoms with Gasteiger partial charge in [-0.3, -0.25) is 9.78 Å². The number of aryl methyl sites for hydroxylation is 4. The second-order valence-corrected chi connectivity index (χ2v) is 23.7. The Bertz CT molecular complexity index is 2840. The van der Waals surface area contributed by atoms with E-state index in [9.17, 15) is 15.0 Å². The number of hydrogen-bond donors (Lipinski definition) is 2. The Labute approximate surface area is 458 Å². The summed E-state index contributed by atoms with van der Waals surface area (Å²) in [6.45, 7) is 26.2. The molecule has 1 saturated heterocycles. The minimum atomic E-state index is -0.659. The quantitative estimate of drug-likeness (QED) is 0.0750. The van der Waals surface area contributed by atoms with Crippen molar-refractivity contribution in [1.29, 1.82) is 0 Å². The summed E-state index contributed by atoms with van der Waals surface area (Å²) in [6.07, 6.45) is 26.5. The van der Waals surface area contributed by atoms with Crippen molar-refractivity contribution in [2.24, 2.45) is 0 Å². The summed E-state index contributed by atoms with van der Waals surface area (Å²) in [6, 6.07) is 29.3. The van der Waals surface area contributed by atoms with Gasteiger partial charge in [-0.25, -0.2) is 0 Å². The Balaban J connectivity index is 0.000000221. The SMILES string of the molecule is CCC(CC)(c1ccc(/C=C/C2(O)CCCCC2)c(C)c1)c1ccc(-c2cncc(CC(=O)OC)c2)c(C)c1.CCC(CC)(c1ccc(/C=C/C2(O)CCCCC2)c(C)c1)c1ccc(B2OC(C)(C)C(C)(C)O2)c(C)c1. The second kappa shape index (κ2) is 24.3. The molecule has 3 fully saturated rings. The van der Waals surface area contributed by atoms with E-state index < -0.39 is 11.2 Å². The maximum Gasteiger partial charge on any atom is 0.495 e. The molecule has 5 aromatic rings. The van der Waals surface area contributed by atoms with E-state index in [4.69, 9.17) is 14.0 Å². The Morgan fingerprint density at radius 3 is 1.42 bits per heavy atom. The zero-order chi connectivity index (χ0) is 55.1. The molecule has 76 heavy (non-hydrogen) atoms. The molecular weight excluding hydrogens is 938 g/mol. The number of pyridine rings is 1. The van der Waals surface area contributed by atoms with Crippen LogP contribution < -0.4 is 5.46 Å². The topological polar surface area (TPSA) is 98.1 Å². The molecule has 7 nitrogen and oxygen atoms in total. The maximum absolute atomic E-state index is 11.8. The van der Waals surface area contributed by atoms with E-state index in [0.717, 1.165) is 99.2 Å². The van der Waals surface area contributed by atoms with Crippen molar-refractivity contribution in [3.05, 3.63) is 165 Å². The van der Waals surface area contributed by atoms with Crippen molar-refractivity contribution in [1.82, 2.24) is 4.98 Å². The number of benzene rings is 4. The minimum Gasteiger partial charge on any atom is -0.469 e. The molecular formula is C68H90BNO6. The van der Waals surface area contributed by atoms with Crippen LogP contribution >= 0.6 is 0 Å². The minimum absolute atomic E-state index is 0.0617.